The fraction of sp³-hybridized carbons (Fsp3) is 0.579. The van der Waals surface area contributed by atoms with Crippen molar-refractivity contribution in [2.45, 2.75) is 18.9 Å². The Hall–Kier alpha value is -2.26. The van der Waals surface area contributed by atoms with Crippen molar-refractivity contribution < 1.29 is 19.1 Å². The maximum absolute atomic E-state index is 12.3. The molecule has 3 fully saturated rings. The van der Waals surface area contributed by atoms with Gasteiger partial charge in [0.05, 0.1) is 23.4 Å². The second-order valence-electron chi connectivity index (χ2n) is 8.11. The van der Waals surface area contributed by atoms with Crippen molar-refractivity contribution >= 4 is 33.6 Å². The average molecular weight is 402 g/mol. The number of thiazole rings is 1. The summed E-state index contributed by atoms with van der Waals surface area (Å²) in [5.41, 5.74) is 0.348. The Kier molecular flexibility index (Phi) is 4.24. The lowest BCUT2D eigenvalue weighted by Gasteiger charge is -2.38. The third kappa shape index (κ3) is 3.22. The summed E-state index contributed by atoms with van der Waals surface area (Å²) in [7, 11) is 0. The minimum absolute atomic E-state index is 0.131. The van der Waals surface area contributed by atoms with Crippen LogP contribution < -0.4 is 5.32 Å². The van der Waals surface area contributed by atoms with Crippen LogP contribution >= 0.6 is 11.3 Å². The highest BCUT2D eigenvalue weighted by Crippen LogP contribution is 2.53. The quantitative estimate of drug-likeness (QED) is 0.821. The van der Waals surface area contributed by atoms with Crippen molar-refractivity contribution in [3.05, 3.63) is 23.5 Å². The Morgan fingerprint density at radius 1 is 1.39 bits per heavy atom. The molecule has 1 unspecified atom stereocenters. The van der Waals surface area contributed by atoms with Crippen LogP contribution in [0.25, 0.3) is 10.2 Å². The van der Waals surface area contributed by atoms with E-state index in [0.717, 1.165) is 29.7 Å². The van der Waals surface area contributed by atoms with Crippen molar-refractivity contribution in [2.24, 2.45) is 17.8 Å². The summed E-state index contributed by atoms with van der Waals surface area (Å²) in [5, 5.41) is 3.44. The zero-order valence-electron chi connectivity index (χ0n) is 15.6. The number of hydrogen-bond acceptors (Lipinski definition) is 7. The Labute approximate surface area is 166 Å². The lowest BCUT2D eigenvalue weighted by Crippen LogP contribution is -2.52. The van der Waals surface area contributed by atoms with Gasteiger partial charge in [-0.15, -0.1) is 11.3 Å². The number of ether oxygens (including phenoxy) is 2. The first-order valence-corrected chi connectivity index (χ1v) is 10.4. The van der Waals surface area contributed by atoms with Gasteiger partial charge in [0.2, 0.25) is 0 Å². The molecule has 2 aromatic heterocycles. The summed E-state index contributed by atoms with van der Waals surface area (Å²) in [4.78, 5) is 34.8. The van der Waals surface area contributed by atoms with Crippen molar-refractivity contribution in [2.75, 3.05) is 32.8 Å². The van der Waals surface area contributed by atoms with Gasteiger partial charge >= 0.3 is 6.09 Å². The Morgan fingerprint density at radius 3 is 2.86 bits per heavy atom. The monoisotopic (exact) mass is 402 g/mol. The van der Waals surface area contributed by atoms with E-state index in [-0.39, 0.29) is 12.0 Å². The van der Waals surface area contributed by atoms with E-state index in [1.165, 1.54) is 11.3 Å². The summed E-state index contributed by atoms with van der Waals surface area (Å²) < 4.78 is 11.6. The maximum Gasteiger partial charge on any atom is 0.410 e. The fourth-order valence-electron chi connectivity index (χ4n) is 4.26. The molecule has 0 radical (unpaired) electrons. The van der Waals surface area contributed by atoms with Crippen LogP contribution in [0.5, 0.6) is 0 Å². The minimum atomic E-state index is -0.454. The van der Waals surface area contributed by atoms with E-state index in [1.54, 1.807) is 12.4 Å². The van der Waals surface area contributed by atoms with E-state index < -0.39 is 5.60 Å². The number of carbonyl (C=O) groups excluding carboxylic acids is 2. The van der Waals surface area contributed by atoms with E-state index >= 15 is 0 Å². The molecule has 2 aromatic rings. The number of hydrogen-bond donors (Lipinski definition) is 1. The lowest BCUT2D eigenvalue weighted by molar-refractivity contribution is -0.171. The normalized spacial score (nSPS) is 27.2. The topological polar surface area (TPSA) is 93.7 Å². The third-order valence-electron chi connectivity index (χ3n) is 5.93. The highest BCUT2D eigenvalue weighted by Gasteiger charge is 2.56. The molecule has 3 aliphatic rings. The molecule has 9 heteroatoms. The molecule has 3 atom stereocenters. The van der Waals surface area contributed by atoms with E-state index in [0.29, 0.717) is 42.5 Å². The zero-order chi connectivity index (χ0) is 19.3. The molecule has 0 bridgehead atoms. The van der Waals surface area contributed by atoms with Gasteiger partial charge < -0.3 is 19.7 Å². The van der Waals surface area contributed by atoms with E-state index in [2.05, 4.69) is 15.3 Å². The zero-order valence-corrected chi connectivity index (χ0v) is 16.4. The van der Waals surface area contributed by atoms with Gasteiger partial charge in [-0.25, -0.2) is 9.78 Å². The number of aromatic nitrogens is 2. The predicted molar refractivity (Wildman–Crippen MR) is 102 cm³/mol. The smallest absolute Gasteiger partial charge is 0.410 e. The van der Waals surface area contributed by atoms with Crippen LogP contribution in [0.4, 0.5) is 4.79 Å². The van der Waals surface area contributed by atoms with Crippen LogP contribution in [0.15, 0.2) is 18.5 Å². The molecule has 1 N–H and O–H groups in total. The molecule has 28 heavy (non-hydrogen) atoms. The van der Waals surface area contributed by atoms with Gasteiger partial charge in [-0.3, -0.25) is 9.78 Å². The predicted octanol–water partition coefficient (Wildman–Crippen LogP) is 1.91. The molecule has 1 saturated carbocycles. The fourth-order valence-corrected chi connectivity index (χ4v) is 5.10. The number of nitrogens with one attached hydrogen (secondary N) is 1. The number of amides is 2. The van der Waals surface area contributed by atoms with Crippen LogP contribution in [-0.4, -0.2) is 65.3 Å². The second kappa shape index (κ2) is 6.66. The standard InChI is InChI=1S/C19H22N4O4S/c1-19(9-26-10-19)27-18(25)23-7-12-11(13(12)8-23)2-5-21-16(24)17-22-14-3-4-20-6-15(14)28-17/h3-4,6,11-13H,2,5,7-10H2,1H3,(H,21,24)/t11?,12-,13+. The van der Waals surface area contributed by atoms with E-state index in [4.69, 9.17) is 9.47 Å². The van der Waals surface area contributed by atoms with Crippen LogP contribution in [0, 0.1) is 17.8 Å². The molecule has 5 rings (SSSR count). The Bertz CT molecular complexity index is 883. The molecule has 4 heterocycles. The number of piperidine rings is 1. The Balaban J connectivity index is 1.06. The maximum atomic E-state index is 12.3. The molecule has 1 aliphatic carbocycles. The minimum Gasteiger partial charge on any atom is -0.438 e. The third-order valence-corrected chi connectivity index (χ3v) is 6.93. The molecular weight excluding hydrogens is 380 g/mol. The lowest BCUT2D eigenvalue weighted by atomic mass is 10.1. The highest BCUT2D eigenvalue weighted by atomic mass is 32.1. The highest BCUT2D eigenvalue weighted by molar-refractivity contribution is 7.20. The number of carbonyl (C=O) groups is 2. The van der Waals surface area contributed by atoms with Crippen LogP contribution in [0.1, 0.15) is 23.1 Å². The molecule has 2 amide bonds. The largest absolute Gasteiger partial charge is 0.438 e. The first-order valence-electron chi connectivity index (χ1n) is 9.57. The van der Waals surface area contributed by atoms with Gasteiger partial charge in [-0.05, 0) is 37.2 Å². The molecule has 2 aliphatic heterocycles. The summed E-state index contributed by atoms with van der Waals surface area (Å²) >= 11 is 1.36. The number of pyridine rings is 1. The number of fused-ring (bicyclic) bond motifs is 2. The van der Waals surface area contributed by atoms with E-state index in [1.807, 2.05) is 17.9 Å². The first-order chi connectivity index (χ1) is 13.5. The van der Waals surface area contributed by atoms with Crippen molar-refractivity contribution in [3.8, 4) is 0 Å². The summed E-state index contributed by atoms with van der Waals surface area (Å²) in [5.74, 6) is 1.51. The number of rotatable bonds is 5. The van der Waals surface area contributed by atoms with Crippen molar-refractivity contribution in [3.63, 3.8) is 0 Å². The van der Waals surface area contributed by atoms with Crippen molar-refractivity contribution in [1.29, 1.82) is 0 Å². The average Bonchev–Trinajstić information content (AvgIpc) is 3.05. The van der Waals surface area contributed by atoms with Crippen molar-refractivity contribution in [1.82, 2.24) is 20.2 Å². The molecule has 8 nitrogen and oxygen atoms in total. The van der Waals surface area contributed by atoms with Gasteiger partial charge in [-0.1, -0.05) is 0 Å². The van der Waals surface area contributed by atoms with Gasteiger partial charge in [0.1, 0.15) is 0 Å². The number of nitrogens with zero attached hydrogens (tertiary/aromatic N) is 3. The van der Waals surface area contributed by atoms with Crippen LogP contribution in [-0.2, 0) is 9.47 Å². The second-order valence-corrected chi connectivity index (χ2v) is 9.14. The van der Waals surface area contributed by atoms with E-state index in [9.17, 15) is 9.59 Å². The SMILES string of the molecule is CC1(OC(=O)N2C[C@@H]3C(CCNC(=O)c4nc5ccncc5s4)[C@@H]3C2)COC1. The van der Waals surface area contributed by atoms with Gasteiger partial charge in [0, 0.05) is 32.0 Å². The summed E-state index contributed by atoms with van der Waals surface area (Å²) in [6.07, 6.45) is 4.11. The van der Waals surface area contributed by atoms with Crippen LogP contribution in [0.2, 0.25) is 0 Å². The molecular formula is C19H22N4O4S. The molecule has 2 saturated heterocycles. The van der Waals surface area contributed by atoms with Crippen LogP contribution in [0.3, 0.4) is 0 Å². The molecule has 0 aromatic carbocycles. The van der Waals surface area contributed by atoms with Gasteiger partial charge in [-0.2, -0.15) is 0 Å². The summed E-state index contributed by atoms with van der Waals surface area (Å²) in [6.45, 7) is 5.00. The molecule has 0 spiro atoms. The Morgan fingerprint density at radius 2 is 2.18 bits per heavy atom. The summed E-state index contributed by atoms with van der Waals surface area (Å²) in [6, 6.07) is 1.81. The number of likely N-dealkylation sites (tertiary alicyclic amines) is 1. The first kappa shape index (κ1) is 17.8. The molecule has 148 valence electrons. The van der Waals surface area contributed by atoms with Gasteiger partial charge in [0.25, 0.3) is 5.91 Å². The van der Waals surface area contributed by atoms with Gasteiger partial charge in [0.15, 0.2) is 10.6 Å².